The van der Waals surface area contributed by atoms with Gasteiger partial charge in [-0.3, -0.25) is 4.79 Å². The summed E-state index contributed by atoms with van der Waals surface area (Å²) in [5.74, 6) is 0.580. The molecule has 1 amide bonds. The van der Waals surface area contributed by atoms with Crippen molar-refractivity contribution in [3.05, 3.63) is 65.6 Å². The van der Waals surface area contributed by atoms with Gasteiger partial charge in [0.2, 0.25) is 15.9 Å². The fourth-order valence-corrected chi connectivity index (χ4v) is 4.33. The van der Waals surface area contributed by atoms with Crippen LogP contribution in [0, 0.1) is 0 Å². The second kappa shape index (κ2) is 9.77. The zero-order chi connectivity index (χ0) is 21.6. The van der Waals surface area contributed by atoms with Gasteiger partial charge in [0.1, 0.15) is 5.75 Å². The van der Waals surface area contributed by atoms with E-state index in [1.807, 2.05) is 54.6 Å². The first-order valence-electron chi connectivity index (χ1n) is 9.81. The number of carbonyl (C=O) groups excluding carboxylic acids is 1. The largest absolute Gasteiger partial charge is 0.497 e. The maximum Gasteiger partial charge on any atom is 0.240 e. The fraction of sp³-hybridized carbons (Fsp3) is 0.318. The van der Waals surface area contributed by atoms with Crippen LogP contribution in [-0.4, -0.2) is 58.6 Å². The summed E-state index contributed by atoms with van der Waals surface area (Å²) in [6, 6.07) is 16.1. The summed E-state index contributed by atoms with van der Waals surface area (Å²) in [4.78, 5) is 16.6. The first-order chi connectivity index (χ1) is 14.4. The Labute approximate surface area is 178 Å². The normalized spacial score (nSPS) is 15.9. The Morgan fingerprint density at radius 2 is 1.67 bits per heavy atom. The average Bonchev–Trinajstić information content (AvgIpc) is 2.78. The van der Waals surface area contributed by atoms with Crippen molar-refractivity contribution in [2.45, 2.75) is 13.0 Å². The van der Waals surface area contributed by atoms with Crippen LogP contribution in [0.2, 0.25) is 0 Å². The second-order valence-corrected chi connectivity index (χ2v) is 8.71. The van der Waals surface area contributed by atoms with E-state index in [1.54, 1.807) is 18.9 Å². The summed E-state index contributed by atoms with van der Waals surface area (Å²) in [6.07, 6.45) is 1.51. The molecule has 0 bridgehead atoms. The minimum atomic E-state index is -3.72. The van der Waals surface area contributed by atoms with Gasteiger partial charge in [-0.2, -0.15) is 4.72 Å². The summed E-state index contributed by atoms with van der Waals surface area (Å²) < 4.78 is 32.2. The lowest BCUT2D eigenvalue weighted by molar-refractivity contribution is -0.132. The molecule has 2 aromatic carbocycles. The molecule has 1 fully saturated rings. The molecule has 3 rings (SSSR count). The molecule has 0 saturated carbocycles. The maximum absolute atomic E-state index is 12.7. The number of carbonyl (C=O) groups is 1. The third-order valence-corrected chi connectivity index (χ3v) is 6.16. The fourth-order valence-electron chi connectivity index (χ4n) is 3.32. The van der Waals surface area contributed by atoms with E-state index < -0.39 is 16.1 Å². The van der Waals surface area contributed by atoms with Crippen molar-refractivity contribution in [3.63, 3.8) is 0 Å². The average molecular weight is 430 g/mol. The molecule has 1 N–H and O–H groups in total. The molecule has 2 aromatic rings. The lowest BCUT2D eigenvalue weighted by Gasteiger charge is -2.37. The van der Waals surface area contributed by atoms with Gasteiger partial charge >= 0.3 is 0 Å². The maximum atomic E-state index is 12.7. The number of rotatable bonds is 7. The molecule has 8 heteroatoms. The lowest BCUT2D eigenvalue weighted by atomic mass is 10.2. The molecule has 0 aromatic heterocycles. The summed E-state index contributed by atoms with van der Waals surface area (Å²) in [5.41, 5.74) is 1.85. The van der Waals surface area contributed by atoms with Crippen LogP contribution in [0.25, 0.3) is 6.08 Å². The van der Waals surface area contributed by atoms with Gasteiger partial charge in [-0.25, -0.2) is 8.42 Å². The Kier molecular flexibility index (Phi) is 7.12. The minimum Gasteiger partial charge on any atom is -0.497 e. The zero-order valence-corrected chi connectivity index (χ0v) is 18.0. The number of benzene rings is 2. The molecule has 1 atom stereocenters. The molecule has 0 aliphatic carbocycles. The number of sulfonamides is 1. The van der Waals surface area contributed by atoms with Crippen molar-refractivity contribution in [1.82, 2.24) is 9.62 Å². The molecular formula is C22H27N3O4S. The van der Waals surface area contributed by atoms with E-state index >= 15 is 0 Å². The molecule has 160 valence electrons. The highest BCUT2D eigenvalue weighted by molar-refractivity contribution is 7.92. The van der Waals surface area contributed by atoms with E-state index in [0.717, 1.165) is 22.4 Å². The van der Waals surface area contributed by atoms with Gasteiger partial charge in [0.15, 0.2) is 0 Å². The van der Waals surface area contributed by atoms with E-state index in [9.17, 15) is 13.2 Å². The quantitative estimate of drug-likeness (QED) is 0.731. The minimum absolute atomic E-state index is 0.221. The molecule has 0 spiro atoms. The summed E-state index contributed by atoms with van der Waals surface area (Å²) in [6.45, 7) is 4.02. The predicted molar refractivity (Wildman–Crippen MR) is 119 cm³/mol. The predicted octanol–water partition coefficient (Wildman–Crippen LogP) is 2.32. The van der Waals surface area contributed by atoms with Gasteiger partial charge in [0.05, 0.1) is 13.2 Å². The van der Waals surface area contributed by atoms with Crippen LogP contribution >= 0.6 is 0 Å². The van der Waals surface area contributed by atoms with E-state index in [2.05, 4.69) is 9.62 Å². The number of hydrogen-bond acceptors (Lipinski definition) is 5. The molecule has 1 unspecified atom stereocenters. The van der Waals surface area contributed by atoms with Crippen molar-refractivity contribution >= 4 is 27.7 Å². The number of amides is 1. The lowest BCUT2D eigenvalue weighted by Crippen LogP contribution is -2.54. The van der Waals surface area contributed by atoms with Gasteiger partial charge in [0, 0.05) is 37.3 Å². The topological polar surface area (TPSA) is 79.0 Å². The van der Waals surface area contributed by atoms with Crippen LogP contribution in [0.3, 0.4) is 0 Å². The summed E-state index contributed by atoms with van der Waals surface area (Å²) in [5, 5.41) is 1.09. The number of hydrogen-bond donors (Lipinski definition) is 1. The Bertz CT molecular complexity index is 967. The van der Waals surface area contributed by atoms with E-state index in [1.165, 1.54) is 6.08 Å². The third-order valence-electron chi connectivity index (χ3n) is 4.98. The SMILES string of the molecule is COc1ccc(N2CCN(C(=O)C(C)NS(=O)(=O)C=Cc3ccccc3)CC2)cc1. The van der Waals surface area contributed by atoms with Crippen LogP contribution in [0.1, 0.15) is 12.5 Å². The van der Waals surface area contributed by atoms with Crippen molar-refractivity contribution < 1.29 is 17.9 Å². The van der Waals surface area contributed by atoms with Crippen LogP contribution in [-0.2, 0) is 14.8 Å². The van der Waals surface area contributed by atoms with E-state index in [0.29, 0.717) is 26.2 Å². The number of nitrogens with one attached hydrogen (secondary N) is 1. The number of methoxy groups -OCH3 is 1. The highest BCUT2D eigenvalue weighted by Gasteiger charge is 2.27. The monoisotopic (exact) mass is 429 g/mol. The molecule has 30 heavy (non-hydrogen) atoms. The molecule has 7 nitrogen and oxygen atoms in total. The van der Waals surface area contributed by atoms with Gasteiger partial charge in [-0.1, -0.05) is 30.3 Å². The molecule has 1 aliphatic heterocycles. The van der Waals surface area contributed by atoms with Crippen molar-refractivity contribution in [2.24, 2.45) is 0 Å². The third kappa shape index (κ3) is 5.84. The Morgan fingerprint density at radius 1 is 1.03 bits per heavy atom. The molecular weight excluding hydrogens is 402 g/mol. The van der Waals surface area contributed by atoms with Crippen LogP contribution in [0.5, 0.6) is 5.75 Å². The Balaban J connectivity index is 1.53. The smallest absolute Gasteiger partial charge is 0.240 e. The van der Waals surface area contributed by atoms with Crippen LogP contribution < -0.4 is 14.4 Å². The zero-order valence-electron chi connectivity index (χ0n) is 17.2. The van der Waals surface area contributed by atoms with E-state index in [4.69, 9.17) is 4.74 Å². The first kappa shape index (κ1) is 21.9. The summed E-state index contributed by atoms with van der Waals surface area (Å²) in [7, 11) is -2.09. The number of nitrogens with zero attached hydrogens (tertiary/aromatic N) is 2. The van der Waals surface area contributed by atoms with Crippen LogP contribution in [0.15, 0.2) is 60.0 Å². The Hall–Kier alpha value is -2.84. The first-order valence-corrected chi connectivity index (χ1v) is 11.4. The van der Waals surface area contributed by atoms with Gasteiger partial charge < -0.3 is 14.5 Å². The molecule has 0 radical (unpaired) electrons. The van der Waals surface area contributed by atoms with Crippen LogP contribution in [0.4, 0.5) is 5.69 Å². The summed E-state index contributed by atoms with van der Waals surface area (Å²) >= 11 is 0. The van der Waals surface area contributed by atoms with Gasteiger partial charge in [-0.05, 0) is 42.8 Å². The van der Waals surface area contributed by atoms with E-state index in [-0.39, 0.29) is 5.91 Å². The molecule has 1 heterocycles. The number of ether oxygens (including phenoxy) is 1. The van der Waals surface area contributed by atoms with Gasteiger partial charge in [0.25, 0.3) is 0 Å². The molecule has 1 saturated heterocycles. The van der Waals surface area contributed by atoms with Crippen molar-refractivity contribution in [2.75, 3.05) is 38.2 Å². The van der Waals surface area contributed by atoms with Gasteiger partial charge in [-0.15, -0.1) is 0 Å². The number of anilines is 1. The standard InChI is InChI=1S/C22H27N3O4S/c1-18(23-30(27,28)17-12-19-6-4-3-5-7-19)22(26)25-15-13-24(14-16-25)20-8-10-21(29-2)11-9-20/h3-12,17-18,23H,13-16H2,1-2H3. The second-order valence-electron chi connectivity index (χ2n) is 7.11. The van der Waals surface area contributed by atoms with Crippen molar-refractivity contribution in [3.8, 4) is 5.75 Å². The Morgan fingerprint density at radius 3 is 2.27 bits per heavy atom. The highest BCUT2D eigenvalue weighted by atomic mass is 32.2. The highest BCUT2D eigenvalue weighted by Crippen LogP contribution is 2.20. The molecule has 1 aliphatic rings. The van der Waals surface area contributed by atoms with Crippen molar-refractivity contribution in [1.29, 1.82) is 0 Å². The number of piperazine rings is 1.